The number of fused-ring (bicyclic) bond motifs is 3. The summed E-state index contributed by atoms with van der Waals surface area (Å²) in [4.78, 5) is 56.3. The van der Waals surface area contributed by atoms with Crippen LogP contribution in [0.25, 0.3) is 0 Å². The van der Waals surface area contributed by atoms with Crippen LogP contribution in [0.3, 0.4) is 0 Å². The Hall–Kier alpha value is -3.59. The van der Waals surface area contributed by atoms with E-state index in [9.17, 15) is 23.6 Å². The first-order chi connectivity index (χ1) is 15.9. The number of hydrogen-bond donors (Lipinski definition) is 1. The molecule has 0 unspecified atom stereocenters. The van der Waals surface area contributed by atoms with Crippen LogP contribution in [0.15, 0.2) is 54.6 Å². The number of hydrogen-bond acceptors (Lipinski definition) is 6. The molecule has 9 heteroatoms. The monoisotopic (exact) mass is 451 g/mol. The van der Waals surface area contributed by atoms with Crippen LogP contribution in [0.2, 0.25) is 0 Å². The molecule has 170 valence electrons. The molecule has 3 heterocycles. The van der Waals surface area contributed by atoms with Gasteiger partial charge in [0.05, 0.1) is 31.1 Å². The average molecular weight is 451 g/mol. The Bertz CT molecular complexity index is 1140. The number of benzene rings is 2. The van der Waals surface area contributed by atoms with Crippen molar-refractivity contribution in [2.24, 2.45) is 11.8 Å². The average Bonchev–Trinajstić information content (AvgIpc) is 3.26. The first-order valence-corrected chi connectivity index (χ1v) is 10.7. The molecular weight excluding hydrogens is 429 g/mol. The fraction of sp³-hybridized carbons (Fsp3) is 0.333. The summed E-state index contributed by atoms with van der Waals surface area (Å²) in [6.07, 6.45) is -0.379. The highest BCUT2D eigenvalue weighted by molar-refractivity contribution is 6.24. The second-order valence-corrected chi connectivity index (χ2v) is 8.47. The topological polar surface area (TPSA) is 96.0 Å². The second kappa shape index (κ2) is 7.77. The number of para-hydroxylation sites is 1. The third-order valence-electron chi connectivity index (χ3n) is 6.95. The van der Waals surface area contributed by atoms with Crippen LogP contribution in [-0.4, -0.2) is 54.3 Å². The lowest BCUT2D eigenvalue weighted by Crippen LogP contribution is -2.67. The van der Waals surface area contributed by atoms with E-state index >= 15 is 0 Å². The van der Waals surface area contributed by atoms with E-state index in [4.69, 9.17) is 4.74 Å². The normalized spacial score (nSPS) is 29.0. The number of anilines is 1. The lowest BCUT2D eigenvalue weighted by Gasteiger charge is -2.45. The number of methoxy groups -OCH3 is 1. The van der Waals surface area contributed by atoms with Gasteiger partial charge in [-0.3, -0.25) is 24.1 Å². The number of nitrogens with one attached hydrogen (secondary N) is 1. The first kappa shape index (κ1) is 21.3. The molecule has 3 aliphatic rings. The molecule has 2 aromatic carbocycles. The highest BCUT2D eigenvalue weighted by atomic mass is 19.1. The molecule has 0 aromatic heterocycles. The summed E-state index contributed by atoms with van der Waals surface area (Å²) >= 11 is 0. The van der Waals surface area contributed by atoms with Gasteiger partial charge in [0.25, 0.3) is 0 Å². The van der Waals surface area contributed by atoms with Gasteiger partial charge in [0, 0.05) is 19.1 Å². The van der Waals surface area contributed by atoms with E-state index in [1.54, 1.807) is 47.4 Å². The van der Waals surface area contributed by atoms with E-state index in [1.807, 2.05) is 0 Å². The van der Waals surface area contributed by atoms with Crippen molar-refractivity contribution >= 4 is 29.4 Å². The first-order valence-electron chi connectivity index (χ1n) is 10.7. The largest absolute Gasteiger partial charge is 0.469 e. The Morgan fingerprint density at radius 1 is 1.09 bits per heavy atom. The SMILES string of the molecule is COC(=O)C[C@]12C(=O)NCCN1[C@H](c1ccc(F)cc1)[C@@H]1C(=O)N(c3ccccc3)C(=O)[C@H]12. The predicted molar refractivity (Wildman–Crippen MR) is 114 cm³/mol. The third-order valence-corrected chi connectivity index (χ3v) is 6.95. The Balaban J connectivity index is 1.71. The number of amides is 3. The van der Waals surface area contributed by atoms with Crippen molar-refractivity contribution < 1.29 is 28.3 Å². The molecule has 5 rings (SSSR count). The Kier molecular flexibility index (Phi) is 5.01. The lowest BCUT2D eigenvalue weighted by molar-refractivity contribution is -0.154. The Morgan fingerprint density at radius 3 is 2.45 bits per heavy atom. The Morgan fingerprint density at radius 2 is 1.79 bits per heavy atom. The second-order valence-electron chi connectivity index (χ2n) is 8.47. The standard InChI is InChI=1S/C24H22FN3O5/c1-33-17(29)13-24-19-18(21(30)28(22(19)31)16-5-3-2-4-6-16)20(14-7-9-15(25)10-8-14)27(24)12-11-26-23(24)32/h2-10,18-20H,11-13H2,1H3,(H,26,32)/t18-,19+,20-,24+/m1/s1. The quantitative estimate of drug-likeness (QED) is 0.558. The smallest absolute Gasteiger partial charge is 0.307 e. The highest BCUT2D eigenvalue weighted by Crippen LogP contribution is 2.57. The molecule has 4 atom stereocenters. The van der Waals surface area contributed by atoms with E-state index in [2.05, 4.69) is 5.32 Å². The van der Waals surface area contributed by atoms with E-state index in [1.165, 1.54) is 19.2 Å². The fourth-order valence-electron chi connectivity index (χ4n) is 5.65. The van der Waals surface area contributed by atoms with Crippen molar-refractivity contribution in [3.63, 3.8) is 0 Å². The van der Waals surface area contributed by atoms with Crippen LogP contribution >= 0.6 is 0 Å². The van der Waals surface area contributed by atoms with Gasteiger partial charge in [0.1, 0.15) is 11.4 Å². The summed E-state index contributed by atoms with van der Waals surface area (Å²) in [6, 6.07) is 13.5. The minimum Gasteiger partial charge on any atom is -0.469 e. The summed E-state index contributed by atoms with van der Waals surface area (Å²) in [5, 5.41) is 2.78. The molecule has 8 nitrogen and oxygen atoms in total. The van der Waals surface area contributed by atoms with E-state index < -0.39 is 52.9 Å². The number of rotatable bonds is 4. The number of halogens is 1. The molecule has 0 bridgehead atoms. The molecule has 0 aliphatic carbocycles. The van der Waals surface area contributed by atoms with Crippen molar-refractivity contribution in [2.45, 2.75) is 18.0 Å². The minimum absolute atomic E-state index is 0.295. The maximum atomic E-state index is 13.8. The van der Waals surface area contributed by atoms with Crippen LogP contribution in [0.5, 0.6) is 0 Å². The molecule has 0 spiro atoms. The van der Waals surface area contributed by atoms with E-state index in [0.717, 1.165) is 4.90 Å². The van der Waals surface area contributed by atoms with Crippen LogP contribution in [-0.2, 0) is 23.9 Å². The van der Waals surface area contributed by atoms with Gasteiger partial charge in [0.15, 0.2) is 0 Å². The zero-order chi connectivity index (χ0) is 23.3. The number of imide groups is 1. The molecule has 0 saturated carbocycles. The van der Waals surface area contributed by atoms with Gasteiger partial charge in [0.2, 0.25) is 17.7 Å². The van der Waals surface area contributed by atoms with Crippen molar-refractivity contribution in [3.8, 4) is 0 Å². The van der Waals surface area contributed by atoms with Gasteiger partial charge in [-0.2, -0.15) is 0 Å². The van der Waals surface area contributed by atoms with Crippen molar-refractivity contribution in [3.05, 3.63) is 66.0 Å². The summed E-state index contributed by atoms with van der Waals surface area (Å²) in [6.45, 7) is 0.618. The van der Waals surface area contributed by atoms with E-state index in [0.29, 0.717) is 24.3 Å². The molecule has 33 heavy (non-hydrogen) atoms. The van der Waals surface area contributed by atoms with Crippen molar-refractivity contribution in [2.75, 3.05) is 25.1 Å². The summed E-state index contributed by atoms with van der Waals surface area (Å²) in [5.74, 6) is -4.59. The summed E-state index contributed by atoms with van der Waals surface area (Å²) < 4.78 is 18.6. The number of esters is 1. The fourth-order valence-corrected chi connectivity index (χ4v) is 5.65. The summed E-state index contributed by atoms with van der Waals surface area (Å²) in [5.41, 5.74) is -0.592. The van der Waals surface area contributed by atoms with Gasteiger partial charge in [-0.1, -0.05) is 30.3 Å². The number of carbonyl (C=O) groups is 4. The highest BCUT2D eigenvalue weighted by Gasteiger charge is 2.73. The van der Waals surface area contributed by atoms with Crippen LogP contribution in [0, 0.1) is 17.7 Å². The van der Waals surface area contributed by atoms with Crippen LogP contribution < -0.4 is 10.2 Å². The Labute approximate surface area is 189 Å². The number of carbonyl (C=O) groups excluding carboxylic acids is 4. The van der Waals surface area contributed by atoms with Gasteiger partial charge in [-0.05, 0) is 29.8 Å². The molecule has 2 aromatic rings. The van der Waals surface area contributed by atoms with Crippen molar-refractivity contribution in [1.82, 2.24) is 10.2 Å². The predicted octanol–water partition coefficient (Wildman–Crippen LogP) is 1.42. The summed E-state index contributed by atoms with van der Waals surface area (Å²) in [7, 11) is 1.21. The molecule has 3 fully saturated rings. The maximum absolute atomic E-state index is 13.8. The lowest BCUT2D eigenvalue weighted by atomic mass is 9.76. The van der Waals surface area contributed by atoms with Crippen LogP contribution in [0.1, 0.15) is 18.0 Å². The van der Waals surface area contributed by atoms with Gasteiger partial charge >= 0.3 is 5.97 Å². The minimum atomic E-state index is -1.59. The molecule has 3 amide bonds. The van der Waals surface area contributed by atoms with E-state index in [-0.39, 0.29) is 6.42 Å². The molecule has 0 radical (unpaired) electrons. The molecule has 3 saturated heterocycles. The number of ether oxygens (including phenoxy) is 1. The third kappa shape index (κ3) is 2.99. The molecule has 1 N–H and O–H groups in total. The van der Waals surface area contributed by atoms with Gasteiger partial charge in [-0.25, -0.2) is 9.29 Å². The van der Waals surface area contributed by atoms with Gasteiger partial charge in [-0.15, -0.1) is 0 Å². The molecule has 3 aliphatic heterocycles. The van der Waals surface area contributed by atoms with Gasteiger partial charge < -0.3 is 10.1 Å². The van der Waals surface area contributed by atoms with Crippen molar-refractivity contribution in [1.29, 1.82) is 0 Å². The molecular formula is C24H22FN3O5. The number of nitrogens with zero attached hydrogens (tertiary/aromatic N) is 2. The van der Waals surface area contributed by atoms with Crippen LogP contribution in [0.4, 0.5) is 10.1 Å². The maximum Gasteiger partial charge on any atom is 0.307 e. The number of piperazine rings is 1. The zero-order valence-corrected chi connectivity index (χ0v) is 17.9. The zero-order valence-electron chi connectivity index (χ0n) is 17.9.